The molecule has 36 heavy (non-hydrogen) atoms. The van der Waals surface area contributed by atoms with Gasteiger partial charge in [-0.15, -0.1) is 0 Å². The van der Waals surface area contributed by atoms with Crippen LogP contribution in [0.15, 0.2) is 71.8 Å². The first-order chi connectivity index (χ1) is 17.5. The summed E-state index contributed by atoms with van der Waals surface area (Å²) in [5.41, 5.74) is 0.846. The van der Waals surface area contributed by atoms with Crippen LogP contribution in [0.1, 0.15) is 52.0 Å². The first-order valence-electron chi connectivity index (χ1n) is 13.2. The predicted octanol–water partition coefficient (Wildman–Crippen LogP) is 4.86. The molecule has 1 amide bonds. The van der Waals surface area contributed by atoms with Gasteiger partial charge in [0.2, 0.25) is 5.91 Å². The Balaban J connectivity index is 1.19. The van der Waals surface area contributed by atoms with Crippen LogP contribution in [0.5, 0.6) is 11.5 Å². The second-order valence-electron chi connectivity index (χ2n) is 9.97. The second-order valence-corrected chi connectivity index (χ2v) is 9.97. The number of aromatic nitrogens is 2. The fourth-order valence-electron chi connectivity index (χ4n) is 5.96. The van der Waals surface area contributed by atoms with Crippen molar-refractivity contribution in [2.24, 2.45) is 0 Å². The molecule has 2 heterocycles. The molecule has 7 nitrogen and oxygen atoms in total. The summed E-state index contributed by atoms with van der Waals surface area (Å²) in [6, 6.07) is 18.4. The van der Waals surface area contributed by atoms with Crippen molar-refractivity contribution in [3.8, 4) is 17.2 Å². The monoisotopic (exact) mass is 488 g/mol. The number of hydrogen-bond acceptors (Lipinski definition) is 4. The average molecular weight is 489 g/mol. The van der Waals surface area contributed by atoms with Gasteiger partial charge in [0, 0.05) is 57.1 Å². The third-order valence-corrected chi connectivity index (χ3v) is 7.85. The van der Waals surface area contributed by atoms with Gasteiger partial charge in [0.1, 0.15) is 11.5 Å². The summed E-state index contributed by atoms with van der Waals surface area (Å²) in [5, 5.41) is 0. The van der Waals surface area contributed by atoms with E-state index < -0.39 is 0 Å². The van der Waals surface area contributed by atoms with Gasteiger partial charge in [0.05, 0.1) is 5.69 Å². The standard InChI is InChI=1S/C29H36N4O3/c1-3-31(22(2)34)26-17-18-30(21-26)23-9-11-24(12-10-23)32-19-20-33(29(32)35)25-13-15-28(16-14-25)36-27-7-5-4-6-8-27/h4-8,13-16,19-20,23-24,26H,3,9-12,17-18,21H2,1-2H3. The SMILES string of the molecule is CCN(C(C)=O)C1CCN(C2CCC(n3ccn(-c4ccc(Oc5ccccc5)cc4)c3=O)CC2)C1. The van der Waals surface area contributed by atoms with Gasteiger partial charge in [-0.1, -0.05) is 18.2 Å². The molecule has 1 saturated heterocycles. The van der Waals surface area contributed by atoms with Crippen molar-refractivity contribution in [3.05, 3.63) is 77.5 Å². The molecular weight excluding hydrogens is 452 g/mol. The molecule has 190 valence electrons. The van der Waals surface area contributed by atoms with Crippen molar-refractivity contribution in [1.82, 2.24) is 18.9 Å². The largest absolute Gasteiger partial charge is 0.457 e. The van der Waals surface area contributed by atoms with Gasteiger partial charge in [-0.25, -0.2) is 4.79 Å². The summed E-state index contributed by atoms with van der Waals surface area (Å²) in [6.45, 7) is 6.55. The Hall–Kier alpha value is -3.32. The lowest BCUT2D eigenvalue weighted by molar-refractivity contribution is -0.130. The molecule has 2 aliphatic rings. The van der Waals surface area contributed by atoms with Crippen molar-refractivity contribution < 1.29 is 9.53 Å². The van der Waals surface area contributed by atoms with Crippen molar-refractivity contribution in [3.63, 3.8) is 0 Å². The van der Waals surface area contributed by atoms with Gasteiger partial charge in [-0.2, -0.15) is 0 Å². The first kappa shape index (κ1) is 24.4. The van der Waals surface area contributed by atoms with Gasteiger partial charge >= 0.3 is 5.69 Å². The number of para-hydroxylation sites is 1. The fraction of sp³-hybridized carbons (Fsp3) is 0.448. The van der Waals surface area contributed by atoms with Crippen LogP contribution in [-0.2, 0) is 4.79 Å². The minimum Gasteiger partial charge on any atom is -0.457 e. The van der Waals surface area contributed by atoms with Gasteiger partial charge in [-0.3, -0.25) is 18.8 Å². The number of ether oxygens (including phenoxy) is 1. The predicted molar refractivity (Wildman–Crippen MR) is 141 cm³/mol. The third kappa shape index (κ3) is 5.12. The lowest BCUT2D eigenvalue weighted by Gasteiger charge is -2.35. The van der Waals surface area contributed by atoms with Crippen LogP contribution in [0.2, 0.25) is 0 Å². The maximum Gasteiger partial charge on any atom is 0.332 e. The molecule has 1 aliphatic heterocycles. The van der Waals surface area contributed by atoms with Crippen molar-refractivity contribution in [2.75, 3.05) is 19.6 Å². The fourth-order valence-corrected chi connectivity index (χ4v) is 5.96. The number of amides is 1. The molecule has 2 aromatic carbocycles. The van der Waals surface area contributed by atoms with E-state index in [1.165, 1.54) is 0 Å². The summed E-state index contributed by atoms with van der Waals surface area (Å²) in [7, 11) is 0. The number of likely N-dealkylation sites (N-methyl/N-ethyl adjacent to an activating group) is 1. The minimum atomic E-state index is 0.0106. The van der Waals surface area contributed by atoms with E-state index in [0.29, 0.717) is 12.1 Å². The molecule has 1 unspecified atom stereocenters. The Morgan fingerprint density at radius 2 is 1.58 bits per heavy atom. The number of rotatable bonds is 7. The molecule has 0 bridgehead atoms. The highest BCUT2D eigenvalue weighted by Gasteiger charge is 2.34. The summed E-state index contributed by atoms with van der Waals surface area (Å²) in [4.78, 5) is 29.8. The summed E-state index contributed by atoms with van der Waals surface area (Å²) in [6.07, 6.45) is 9.05. The lowest BCUT2D eigenvalue weighted by Crippen LogP contribution is -2.43. The van der Waals surface area contributed by atoms with E-state index in [2.05, 4.69) is 11.8 Å². The molecule has 2 fully saturated rings. The molecular formula is C29H36N4O3. The van der Waals surface area contributed by atoms with Gasteiger partial charge in [0.15, 0.2) is 0 Å². The van der Waals surface area contributed by atoms with Gasteiger partial charge in [-0.05, 0) is 75.4 Å². The number of imidazole rings is 1. The Bertz CT molecular complexity index is 1210. The van der Waals surface area contributed by atoms with Gasteiger partial charge < -0.3 is 9.64 Å². The van der Waals surface area contributed by atoms with E-state index in [9.17, 15) is 9.59 Å². The van der Waals surface area contributed by atoms with Crippen molar-refractivity contribution in [1.29, 1.82) is 0 Å². The molecule has 1 aliphatic carbocycles. The summed E-state index contributed by atoms with van der Waals surface area (Å²) in [5.74, 6) is 1.70. The van der Waals surface area contributed by atoms with Gasteiger partial charge in [0.25, 0.3) is 0 Å². The molecule has 1 aromatic heterocycles. The van der Waals surface area contributed by atoms with Crippen LogP contribution in [0.4, 0.5) is 0 Å². The first-order valence-corrected chi connectivity index (χ1v) is 13.2. The van der Waals surface area contributed by atoms with E-state index in [0.717, 1.165) is 68.9 Å². The van der Waals surface area contributed by atoms with E-state index in [1.807, 2.05) is 76.5 Å². The summed E-state index contributed by atoms with van der Waals surface area (Å²) >= 11 is 0. The normalized spacial score (nSPS) is 22.4. The molecule has 5 rings (SSSR count). The Morgan fingerprint density at radius 3 is 2.25 bits per heavy atom. The van der Waals surface area contributed by atoms with Crippen LogP contribution >= 0.6 is 0 Å². The van der Waals surface area contributed by atoms with Crippen LogP contribution in [0, 0.1) is 0 Å². The number of benzene rings is 2. The minimum absolute atomic E-state index is 0.0106. The smallest absolute Gasteiger partial charge is 0.332 e. The summed E-state index contributed by atoms with van der Waals surface area (Å²) < 4.78 is 9.50. The average Bonchev–Trinajstić information content (AvgIpc) is 3.53. The van der Waals surface area contributed by atoms with E-state index in [1.54, 1.807) is 11.5 Å². The van der Waals surface area contributed by atoms with E-state index in [4.69, 9.17) is 4.74 Å². The Morgan fingerprint density at radius 1 is 0.917 bits per heavy atom. The second kappa shape index (κ2) is 10.7. The number of nitrogens with zero attached hydrogens (tertiary/aromatic N) is 4. The Kier molecular flexibility index (Phi) is 7.28. The zero-order valence-corrected chi connectivity index (χ0v) is 21.3. The van der Waals surface area contributed by atoms with Crippen molar-refractivity contribution in [2.45, 2.75) is 64.1 Å². The highest BCUT2D eigenvalue weighted by Crippen LogP contribution is 2.33. The topological polar surface area (TPSA) is 59.7 Å². The van der Waals surface area contributed by atoms with Crippen LogP contribution in [0.3, 0.4) is 0 Å². The molecule has 0 radical (unpaired) electrons. The molecule has 1 atom stereocenters. The maximum atomic E-state index is 13.2. The highest BCUT2D eigenvalue weighted by molar-refractivity contribution is 5.73. The zero-order chi connectivity index (χ0) is 25.1. The van der Waals surface area contributed by atoms with E-state index >= 15 is 0 Å². The number of carbonyl (C=O) groups is 1. The molecule has 0 spiro atoms. The third-order valence-electron chi connectivity index (χ3n) is 7.85. The van der Waals surface area contributed by atoms with Crippen LogP contribution in [-0.4, -0.2) is 56.6 Å². The highest BCUT2D eigenvalue weighted by atomic mass is 16.5. The molecule has 0 N–H and O–H groups in total. The Labute approximate surface area is 212 Å². The zero-order valence-electron chi connectivity index (χ0n) is 21.3. The quantitative estimate of drug-likeness (QED) is 0.477. The van der Waals surface area contributed by atoms with Crippen LogP contribution < -0.4 is 10.4 Å². The molecule has 1 saturated carbocycles. The molecule has 3 aromatic rings. The number of carbonyl (C=O) groups excluding carboxylic acids is 1. The van der Waals surface area contributed by atoms with E-state index in [-0.39, 0.29) is 17.6 Å². The number of hydrogen-bond donors (Lipinski definition) is 0. The van der Waals surface area contributed by atoms with Crippen LogP contribution in [0.25, 0.3) is 5.69 Å². The molecule has 7 heteroatoms. The maximum absolute atomic E-state index is 13.2. The number of likely N-dealkylation sites (tertiary alicyclic amines) is 1. The van der Waals surface area contributed by atoms with Crippen molar-refractivity contribution >= 4 is 5.91 Å². The lowest BCUT2D eigenvalue weighted by atomic mass is 9.90.